The summed E-state index contributed by atoms with van der Waals surface area (Å²) in [7, 11) is -3.67. The molecule has 2 heterocycles. The highest BCUT2D eigenvalue weighted by atomic mass is 32.2. The highest BCUT2D eigenvalue weighted by Crippen LogP contribution is 2.26. The van der Waals surface area contributed by atoms with Crippen LogP contribution in [0, 0.1) is 0 Å². The van der Waals surface area contributed by atoms with Gasteiger partial charge in [-0.25, -0.2) is 0 Å². The number of para-hydroxylation sites is 2. The molecule has 0 radical (unpaired) electrons. The predicted octanol–water partition coefficient (Wildman–Crippen LogP) is 1.65. The summed E-state index contributed by atoms with van der Waals surface area (Å²) in [6.07, 6.45) is 0.362. The van der Waals surface area contributed by atoms with Gasteiger partial charge in [0.15, 0.2) is 0 Å². The molecule has 0 aliphatic carbocycles. The van der Waals surface area contributed by atoms with E-state index in [2.05, 4.69) is 19.5 Å². The van der Waals surface area contributed by atoms with E-state index in [0.29, 0.717) is 24.6 Å². The molecular formula is C22H28N4O4S. The van der Waals surface area contributed by atoms with Crippen LogP contribution in [0.15, 0.2) is 63.9 Å². The highest BCUT2D eigenvalue weighted by Gasteiger charge is 2.26. The van der Waals surface area contributed by atoms with Gasteiger partial charge in [-0.2, -0.15) is 8.42 Å². The zero-order chi connectivity index (χ0) is 21.7. The van der Waals surface area contributed by atoms with Gasteiger partial charge in [0.25, 0.3) is 10.0 Å². The van der Waals surface area contributed by atoms with E-state index >= 15 is 0 Å². The number of ether oxygens (including phenoxy) is 1. The number of aliphatic hydroxyl groups excluding tert-OH is 1. The van der Waals surface area contributed by atoms with Gasteiger partial charge < -0.3 is 15.2 Å². The Hall–Kier alpha value is -2.46. The summed E-state index contributed by atoms with van der Waals surface area (Å²) in [4.78, 5) is 4.64. The van der Waals surface area contributed by atoms with Gasteiger partial charge in [-0.3, -0.25) is 9.80 Å². The van der Waals surface area contributed by atoms with Gasteiger partial charge in [0, 0.05) is 19.6 Å². The first-order valence-corrected chi connectivity index (χ1v) is 11.9. The van der Waals surface area contributed by atoms with Gasteiger partial charge >= 0.3 is 0 Å². The lowest BCUT2D eigenvalue weighted by molar-refractivity contribution is 0.0695. The van der Waals surface area contributed by atoms with Crippen molar-refractivity contribution in [3.8, 4) is 5.75 Å². The minimum Gasteiger partial charge on any atom is -0.491 e. The molecule has 2 aromatic rings. The predicted molar refractivity (Wildman–Crippen MR) is 120 cm³/mol. The van der Waals surface area contributed by atoms with Crippen molar-refractivity contribution >= 4 is 21.5 Å². The maximum absolute atomic E-state index is 12.4. The van der Waals surface area contributed by atoms with Crippen molar-refractivity contribution in [2.24, 2.45) is 4.40 Å². The molecule has 31 heavy (non-hydrogen) atoms. The summed E-state index contributed by atoms with van der Waals surface area (Å²) < 4.78 is 34.5. The van der Waals surface area contributed by atoms with Gasteiger partial charge in [-0.15, -0.1) is 4.40 Å². The number of sulfonamides is 1. The molecule has 9 heteroatoms. The second-order valence-corrected chi connectivity index (χ2v) is 9.41. The third kappa shape index (κ3) is 5.82. The molecule has 0 aromatic heterocycles. The van der Waals surface area contributed by atoms with Crippen LogP contribution in [0.25, 0.3) is 0 Å². The third-order valence-electron chi connectivity index (χ3n) is 5.38. The van der Waals surface area contributed by atoms with E-state index in [1.807, 2.05) is 30.3 Å². The zero-order valence-corrected chi connectivity index (χ0v) is 18.2. The number of fused-ring (bicyclic) bond motifs is 1. The molecule has 0 saturated carbocycles. The average molecular weight is 445 g/mol. The van der Waals surface area contributed by atoms with E-state index in [4.69, 9.17) is 4.74 Å². The lowest BCUT2D eigenvalue weighted by Crippen LogP contribution is -2.40. The van der Waals surface area contributed by atoms with E-state index in [9.17, 15) is 13.5 Å². The van der Waals surface area contributed by atoms with Crippen molar-refractivity contribution in [3.63, 3.8) is 0 Å². The second-order valence-electron chi connectivity index (χ2n) is 7.84. The average Bonchev–Trinajstić information content (AvgIpc) is 2.97. The summed E-state index contributed by atoms with van der Waals surface area (Å²) in [5, 5.41) is 13.5. The molecule has 0 spiro atoms. The van der Waals surface area contributed by atoms with Crippen molar-refractivity contribution in [3.05, 3.63) is 54.6 Å². The number of nitrogens with zero attached hydrogens (tertiary/aromatic N) is 3. The standard InChI is InChI=1S/C22H28N4O4S/c27-18(17-30-19-7-2-1-3-8-19)15-25-11-6-12-26(14-13-25)16-22-23-20-9-4-5-10-21(20)31(28,29)24-22/h1-5,7-10,18,27H,6,11-17H2,(H,23,24). The van der Waals surface area contributed by atoms with E-state index in [1.165, 1.54) is 0 Å². The van der Waals surface area contributed by atoms with Gasteiger partial charge in [0.1, 0.15) is 29.2 Å². The minimum atomic E-state index is -3.67. The fraction of sp³-hybridized carbons (Fsp3) is 0.409. The molecule has 4 rings (SSSR count). The van der Waals surface area contributed by atoms with Crippen LogP contribution in [-0.4, -0.2) is 81.1 Å². The first-order chi connectivity index (χ1) is 15.0. The summed E-state index contributed by atoms with van der Waals surface area (Å²) in [5.41, 5.74) is 0.575. The van der Waals surface area contributed by atoms with Crippen LogP contribution in [-0.2, 0) is 10.0 Å². The monoisotopic (exact) mass is 444 g/mol. The Morgan fingerprint density at radius 2 is 1.71 bits per heavy atom. The Balaban J connectivity index is 1.27. The number of rotatable bonds is 7. The van der Waals surface area contributed by atoms with Gasteiger partial charge in [0.05, 0.1) is 12.2 Å². The maximum Gasteiger partial charge on any atom is 0.286 e. The number of β-amino-alcohol motifs (C(OH)–C–C–N with tert-alkyl or cyclic N) is 1. The van der Waals surface area contributed by atoms with Crippen LogP contribution in [0.4, 0.5) is 5.69 Å². The normalized spacial score (nSPS) is 20.1. The molecule has 8 nitrogen and oxygen atoms in total. The summed E-state index contributed by atoms with van der Waals surface area (Å²) in [5.74, 6) is 1.20. The van der Waals surface area contributed by atoms with Crippen molar-refractivity contribution in [1.29, 1.82) is 0 Å². The quantitative estimate of drug-likeness (QED) is 0.671. The Labute approximate surface area is 183 Å². The van der Waals surface area contributed by atoms with Crippen molar-refractivity contribution in [2.75, 3.05) is 51.2 Å². The van der Waals surface area contributed by atoms with E-state index in [0.717, 1.165) is 38.3 Å². The van der Waals surface area contributed by atoms with Crippen LogP contribution in [0.1, 0.15) is 6.42 Å². The molecule has 166 valence electrons. The Kier molecular flexibility index (Phi) is 6.86. The fourth-order valence-electron chi connectivity index (χ4n) is 3.87. The van der Waals surface area contributed by atoms with Crippen LogP contribution in [0.5, 0.6) is 5.75 Å². The van der Waals surface area contributed by atoms with Crippen molar-refractivity contribution in [2.45, 2.75) is 17.4 Å². The maximum atomic E-state index is 12.4. The number of anilines is 1. The van der Waals surface area contributed by atoms with Crippen molar-refractivity contribution in [1.82, 2.24) is 9.80 Å². The molecular weight excluding hydrogens is 416 g/mol. The van der Waals surface area contributed by atoms with Crippen LogP contribution < -0.4 is 10.1 Å². The third-order valence-corrected chi connectivity index (χ3v) is 6.76. The molecule has 2 aliphatic heterocycles. The van der Waals surface area contributed by atoms with Gasteiger partial charge in [-0.05, 0) is 43.8 Å². The number of aliphatic hydroxyl groups is 1. The minimum absolute atomic E-state index is 0.215. The van der Waals surface area contributed by atoms with E-state index < -0.39 is 16.1 Å². The van der Waals surface area contributed by atoms with Gasteiger partial charge in [0.2, 0.25) is 0 Å². The Morgan fingerprint density at radius 1 is 1.00 bits per heavy atom. The Morgan fingerprint density at radius 3 is 2.55 bits per heavy atom. The van der Waals surface area contributed by atoms with Crippen LogP contribution in [0.3, 0.4) is 0 Å². The summed E-state index contributed by atoms with van der Waals surface area (Å²) in [6, 6.07) is 16.3. The SMILES string of the molecule is O=S1(=O)N=C(CN2CCCN(CC(O)COc3ccccc3)CC2)Nc2ccccc21. The topological polar surface area (TPSA) is 94.5 Å². The Bertz CT molecular complexity index is 1010. The first-order valence-electron chi connectivity index (χ1n) is 10.5. The summed E-state index contributed by atoms with van der Waals surface area (Å²) in [6.45, 7) is 4.52. The molecule has 1 unspecified atom stereocenters. The summed E-state index contributed by atoms with van der Waals surface area (Å²) >= 11 is 0. The first kappa shape index (κ1) is 21.8. The van der Waals surface area contributed by atoms with Crippen LogP contribution >= 0.6 is 0 Å². The van der Waals surface area contributed by atoms with Crippen LogP contribution in [0.2, 0.25) is 0 Å². The van der Waals surface area contributed by atoms with Gasteiger partial charge in [-0.1, -0.05) is 30.3 Å². The second kappa shape index (κ2) is 9.78. The molecule has 2 aliphatic rings. The number of amidine groups is 1. The molecule has 1 fully saturated rings. The smallest absolute Gasteiger partial charge is 0.286 e. The molecule has 1 saturated heterocycles. The number of hydrogen-bond acceptors (Lipinski definition) is 7. The molecule has 0 amide bonds. The molecule has 0 bridgehead atoms. The zero-order valence-electron chi connectivity index (χ0n) is 17.4. The number of hydrogen-bond donors (Lipinski definition) is 2. The number of nitrogens with one attached hydrogen (secondary N) is 1. The van der Waals surface area contributed by atoms with E-state index in [1.54, 1.807) is 24.3 Å². The lowest BCUT2D eigenvalue weighted by Gasteiger charge is -2.25. The largest absolute Gasteiger partial charge is 0.491 e. The molecule has 1 atom stereocenters. The van der Waals surface area contributed by atoms with Crippen molar-refractivity contribution < 1.29 is 18.3 Å². The molecule has 2 aromatic carbocycles. The fourth-order valence-corrected chi connectivity index (χ4v) is 5.01. The highest BCUT2D eigenvalue weighted by molar-refractivity contribution is 7.90. The van der Waals surface area contributed by atoms with E-state index in [-0.39, 0.29) is 11.5 Å². The lowest BCUT2D eigenvalue weighted by atomic mass is 10.3. The number of benzene rings is 2. The molecule has 2 N–H and O–H groups in total.